The minimum atomic E-state index is 0.512. The monoisotopic (exact) mass is 218 g/mol. The molecule has 0 saturated heterocycles. The molecule has 0 aromatic heterocycles. The minimum absolute atomic E-state index is 0.512. The van der Waals surface area contributed by atoms with Gasteiger partial charge in [-0.25, -0.2) is 0 Å². The van der Waals surface area contributed by atoms with Crippen molar-refractivity contribution in [1.82, 2.24) is 0 Å². The molecule has 0 bridgehead atoms. The van der Waals surface area contributed by atoms with Crippen LogP contribution in [-0.2, 0) is 16.1 Å². The molecule has 0 aliphatic rings. The lowest BCUT2D eigenvalue weighted by molar-refractivity contribution is 0.0686. The van der Waals surface area contributed by atoms with E-state index in [0.717, 1.165) is 5.57 Å². The molecule has 16 heavy (non-hydrogen) atoms. The summed E-state index contributed by atoms with van der Waals surface area (Å²) >= 11 is 0. The van der Waals surface area contributed by atoms with E-state index in [1.807, 2.05) is 37.3 Å². The maximum atomic E-state index is 5.45. The minimum Gasteiger partial charge on any atom is -0.492 e. The quantitative estimate of drug-likeness (QED) is 0.397. The van der Waals surface area contributed by atoms with Gasteiger partial charge in [-0.3, -0.25) is 0 Å². The molecule has 0 heterocycles. The zero-order valence-electron chi connectivity index (χ0n) is 9.74. The standard InChI is InChI=1S/C14H18O2/c1-12(2)13(3)16-10-9-15-11-14-7-5-4-6-8-14/h4-8H,1,3,9-11H2,2H3. The maximum Gasteiger partial charge on any atom is 0.114 e. The second kappa shape index (κ2) is 6.85. The van der Waals surface area contributed by atoms with Gasteiger partial charge in [0.1, 0.15) is 12.4 Å². The summed E-state index contributed by atoms with van der Waals surface area (Å²) in [4.78, 5) is 0. The Kier molecular flexibility index (Phi) is 5.37. The number of allylic oxidation sites excluding steroid dienone is 1. The number of hydrogen-bond acceptors (Lipinski definition) is 2. The molecule has 0 aliphatic carbocycles. The van der Waals surface area contributed by atoms with Crippen LogP contribution < -0.4 is 0 Å². The third-order valence-corrected chi connectivity index (χ3v) is 2.09. The second-order valence-electron chi connectivity index (χ2n) is 3.59. The summed E-state index contributed by atoms with van der Waals surface area (Å²) in [7, 11) is 0. The smallest absolute Gasteiger partial charge is 0.114 e. The molecule has 2 heteroatoms. The van der Waals surface area contributed by atoms with Crippen LogP contribution in [-0.4, -0.2) is 13.2 Å². The molecule has 0 atom stereocenters. The van der Waals surface area contributed by atoms with Crippen molar-refractivity contribution in [3.05, 3.63) is 60.4 Å². The Morgan fingerprint density at radius 2 is 1.81 bits per heavy atom. The van der Waals surface area contributed by atoms with Gasteiger partial charge in [-0.2, -0.15) is 0 Å². The number of rotatable bonds is 7. The highest BCUT2D eigenvalue weighted by Gasteiger charge is 1.95. The predicted molar refractivity (Wildman–Crippen MR) is 66.0 cm³/mol. The fourth-order valence-electron chi connectivity index (χ4n) is 1.11. The van der Waals surface area contributed by atoms with E-state index in [1.54, 1.807) is 0 Å². The molecule has 0 N–H and O–H groups in total. The van der Waals surface area contributed by atoms with Gasteiger partial charge in [-0.15, -0.1) is 0 Å². The maximum absolute atomic E-state index is 5.45. The van der Waals surface area contributed by atoms with Gasteiger partial charge in [0.15, 0.2) is 0 Å². The average Bonchev–Trinajstić information content (AvgIpc) is 2.29. The summed E-state index contributed by atoms with van der Waals surface area (Å²) in [5, 5.41) is 0. The van der Waals surface area contributed by atoms with Gasteiger partial charge >= 0.3 is 0 Å². The molecule has 1 aromatic carbocycles. The van der Waals surface area contributed by atoms with Crippen LogP contribution >= 0.6 is 0 Å². The number of hydrogen-bond donors (Lipinski definition) is 0. The molecule has 0 amide bonds. The summed E-state index contributed by atoms with van der Waals surface area (Å²) in [6.45, 7) is 11.0. The summed E-state index contributed by atoms with van der Waals surface area (Å²) in [6.07, 6.45) is 0. The lowest BCUT2D eigenvalue weighted by Gasteiger charge is -2.09. The molecule has 0 spiro atoms. The van der Waals surface area contributed by atoms with Gasteiger partial charge in [0.25, 0.3) is 0 Å². The fraction of sp³-hybridized carbons (Fsp3) is 0.286. The first-order valence-electron chi connectivity index (χ1n) is 5.29. The van der Waals surface area contributed by atoms with Crippen molar-refractivity contribution >= 4 is 0 Å². The fourth-order valence-corrected chi connectivity index (χ4v) is 1.11. The van der Waals surface area contributed by atoms with Crippen LogP contribution in [0, 0.1) is 0 Å². The lowest BCUT2D eigenvalue weighted by Crippen LogP contribution is -2.04. The van der Waals surface area contributed by atoms with Crippen LogP contribution in [0.5, 0.6) is 0 Å². The molecule has 86 valence electrons. The largest absolute Gasteiger partial charge is 0.492 e. The van der Waals surface area contributed by atoms with Crippen molar-refractivity contribution in [2.24, 2.45) is 0 Å². The van der Waals surface area contributed by atoms with E-state index in [0.29, 0.717) is 25.6 Å². The Bertz CT molecular complexity index is 341. The molecular formula is C14H18O2. The van der Waals surface area contributed by atoms with Crippen molar-refractivity contribution < 1.29 is 9.47 Å². The highest BCUT2D eigenvalue weighted by Crippen LogP contribution is 2.05. The summed E-state index contributed by atoms with van der Waals surface area (Å²) in [6, 6.07) is 10.1. The molecule has 0 radical (unpaired) electrons. The van der Waals surface area contributed by atoms with Crippen molar-refractivity contribution in [2.75, 3.05) is 13.2 Å². The van der Waals surface area contributed by atoms with Crippen molar-refractivity contribution in [1.29, 1.82) is 0 Å². The first-order valence-corrected chi connectivity index (χ1v) is 5.29. The summed E-state index contributed by atoms with van der Waals surface area (Å²) in [5.74, 6) is 0.628. The predicted octanol–water partition coefficient (Wildman–Crippen LogP) is 3.31. The molecule has 2 nitrogen and oxygen atoms in total. The van der Waals surface area contributed by atoms with Crippen molar-refractivity contribution in [2.45, 2.75) is 13.5 Å². The first kappa shape index (κ1) is 12.5. The SMILES string of the molecule is C=C(C)C(=C)OCCOCc1ccccc1. The van der Waals surface area contributed by atoms with E-state index in [2.05, 4.69) is 13.2 Å². The zero-order chi connectivity index (χ0) is 11.8. The van der Waals surface area contributed by atoms with E-state index in [4.69, 9.17) is 9.47 Å². The van der Waals surface area contributed by atoms with Crippen LogP contribution in [0.2, 0.25) is 0 Å². The van der Waals surface area contributed by atoms with E-state index >= 15 is 0 Å². The summed E-state index contributed by atoms with van der Waals surface area (Å²) in [5.41, 5.74) is 2.02. The highest BCUT2D eigenvalue weighted by molar-refractivity contribution is 5.15. The van der Waals surface area contributed by atoms with Gasteiger partial charge in [-0.1, -0.05) is 43.5 Å². The molecule has 0 unspecified atom stereocenters. The molecule has 1 aromatic rings. The molecule has 1 rings (SSSR count). The Balaban J connectivity index is 2.09. The summed E-state index contributed by atoms with van der Waals surface area (Å²) < 4.78 is 10.8. The highest BCUT2D eigenvalue weighted by atomic mass is 16.5. The Morgan fingerprint density at radius 3 is 2.44 bits per heavy atom. The number of ether oxygens (including phenoxy) is 2. The number of benzene rings is 1. The Hall–Kier alpha value is -1.54. The molecular weight excluding hydrogens is 200 g/mol. The lowest BCUT2D eigenvalue weighted by atomic mass is 10.2. The molecule has 0 fully saturated rings. The second-order valence-corrected chi connectivity index (χ2v) is 3.59. The Labute approximate surface area is 97.2 Å². The van der Waals surface area contributed by atoms with Crippen LogP contribution in [0.1, 0.15) is 12.5 Å². The Morgan fingerprint density at radius 1 is 1.12 bits per heavy atom. The molecule has 0 aliphatic heterocycles. The van der Waals surface area contributed by atoms with Gasteiger partial charge in [0.2, 0.25) is 0 Å². The van der Waals surface area contributed by atoms with E-state index in [-0.39, 0.29) is 0 Å². The van der Waals surface area contributed by atoms with Crippen molar-refractivity contribution in [3.63, 3.8) is 0 Å². The van der Waals surface area contributed by atoms with Crippen LogP contribution in [0.3, 0.4) is 0 Å². The van der Waals surface area contributed by atoms with Gasteiger partial charge in [0, 0.05) is 0 Å². The van der Waals surface area contributed by atoms with Crippen LogP contribution in [0.15, 0.2) is 54.8 Å². The normalized spacial score (nSPS) is 9.81. The first-order chi connectivity index (χ1) is 7.70. The molecule has 0 saturated carbocycles. The van der Waals surface area contributed by atoms with Gasteiger partial charge in [0.05, 0.1) is 13.2 Å². The average molecular weight is 218 g/mol. The zero-order valence-corrected chi connectivity index (χ0v) is 9.74. The van der Waals surface area contributed by atoms with E-state index in [9.17, 15) is 0 Å². The van der Waals surface area contributed by atoms with Crippen LogP contribution in [0.25, 0.3) is 0 Å². The third-order valence-electron chi connectivity index (χ3n) is 2.09. The van der Waals surface area contributed by atoms with Crippen LogP contribution in [0.4, 0.5) is 0 Å². The van der Waals surface area contributed by atoms with Gasteiger partial charge < -0.3 is 9.47 Å². The topological polar surface area (TPSA) is 18.5 Å². The van der Waals surface area contributed by atoms with Crippen molar-refractivity contribution in [3.8, 4) is 0 Å². The third kappa shape index (κ3) is 4.80. The van der Waals surface area contributed by atoms with E-state index in [1.165, 1.54) is 5.56 Å². The van der Waals surface area contributed by atoms with Gasteiger partial charge in [-0.05, 0) is 18.1 Å². The van der Waals surface area contributed by atoms with E-state index < -0.39 is 0 Å².